The lowest BCUT2D eigenvalue weighted by atomic mass is 10.0. The molecule has 0 unspecified atom stereocenters. The minimum Gasteiger partial charge on any atom is -0.478 e. The zero-order valence-corrected chi connectivity index (χ0v) is 30.4. The molecule has 1 amide bonds. The number of carbonyl (C=O) groups excluding carboxylic acids is 3. The number of rotatable bonds is 29. The van der Waals surface area contributed by atoms with Crippen molar-refractivity contribution in [2.75, 3.05) is 13.2 Å². The molecular formula is C41H63NO7. The first-order valence-electron chi connectivity index (χ1n) is 19.3. The number of carbonyl (C=O) groups is 4. The number of carboxylic acid groups (broad SMARTS) is 1. The molecule has 2 rings (SSSR count). The van der Waals surface area contributed by atoms with Crippen LogP contribution in [-0.2, 0) is 19.1 Å². The summed E-state index contributed by atoms with van der Waals surface area (Å²) in [7, 11) is 0. The molecule has 0 saturated carbocycles. The van der Waals surface area contributed by atoms with Crippen LogP contribution in [0.3, 0.4) is 0 Å². The number of amides is 1. The van der Waals surface area contributed by atoms with Crippen LogP contribution in [0, 0.1) is 0 Å². The lowest BCUT2D eigenvalue weighted by Crippen LogP contribution is -2.42. The van der Waals surface area contributed by atoms with E-state index in [-0.39, 0.29) is 25.0 Å². The van der Waals surface area contributed by atoms with Crippen molar-refractivity contribution in [2.45, 2.75) is 161 Å². The molecule has 2 N–H and O–H groups in total. The van der Waals surface area contributed by atoms with Crippen LogP contribution in [0.4, 0.5) is 0 Å². The fraction of sp³-hybridized carbons (Fsp3) is 0.659. The number of unbranched alkanes of at least 4 members (excludes halogenated alkanes) is 18. The number of hydrogen-bond acceptors (Lipinski definition) is 6. The van der Waals surface area contributed by atoms with Gasteiger partial charge in [0.05, 0.1) is 18.8 Å². The predicted molar refractivity (Wildman–Crippen MR) is 197 cm³/mol. The smallest absolute Gasteiger partial charge is 0.335 e. The Bertz CT molecular complexity index is 1240. The SMILES string of the molecule is CCCCCCCCCCCCOC(=O)CC[C@H](NC(=O)c1ccc2cc(C(=O)O)ccc2c1)C(=O)OCCCCCCCCCCCC. The van der Waals surface area contributed by atoms with Crippen LogP contribution >= 0.6 is 0 Å². The fourth-order valence-electron chi connectivity index (χ4n) is 5.98. The maximum absolute atomic E-state index is 13.2. The van der Waals surface area contributed by atoms with Gasteiger partial charge in [-0.05, 0) is 54.3 Å². The topological polar surface area (TPSA) is 119 Å². The van der Waals surface area contributed by atoms with Crippen LogP contribution in [0.15, 0.2) is 36.4 Å². The van der Waals surface area contributed by atoms with Crippen molar-refractivity contribution in [1.82, 2.24) is 5.32 Å². The lowest BCUT2D eigenvalue weighted by Gasteiger charge is -2.18. The first kappa shape index (κ1) is 41.7. The zero-order chi connectivity index (χ0) is 35.5. The Kier molecular flexibility index (Phi) is 22.5. The van der Waals surface area contributed by atoms with Gasteiger partial charge >= 0.3 is 17.9 Å². The molecule has 0 heterocycles. The van der Waals surface area contributed by atoms with Crippen molar-refractivity contribution < 1.29 is 33.8 Å². The molecule has 0 aliphatic heterocycles. The van der Waals surface area contributed by atoms with Gasteiger partial charge in [0, 0.05) is 12.0 Å². The third-order valence-electron chi connectivity index (χ3n) is 9.08. The van der Waals surface area contributed by atoms with Crippen molar-refractivity contribution in [2.24, 2.45) is 0 Å². The molecule has 8 nitrogen and oxygen atoms in total. The van der Waals surface area contributed by atoms with Crippen LogP contribution in [0.5, 0.6) is 0 Å². The molecule has 0 saturated heterocycles. The summed E-state index contributed by atoms with van der Waals surface area (Å²) in [6.07, 6.45) is 23.8. The number of ether oxygens (including phenoxy) is 2. The Balaban J connectivity index is 1.82. The van der Waals surface area contributed by atoms with Gasteiger partial charge in [0.2, 0.25) is 0 Å². The fourth-order valence-corrected chi connectivity index (χ4v) is 5.98. The van der Waals surface area contributed by atoms with Crippen molar-refractivity contribution in [3.8, 4) is 0 Å². The van der Waals surface area contributed by atoms with Gasteiger partial charge < -0.3 is 19.9 Å². The highest BCUT2D eigenvalue weighted by molar-refractivity contribution is 6.01. The molecule has 49 heavy (non-hydrogen) atoms. The van der Waals surface area contributed by atoms with Gasteiger partial charge in [0.25, 0.3) is 5.91 Å². The van der Waals surface area contributed by atoms with E-state index in [9.17, 15) is 24.3 Å². The van der Waals surface area contributed by atoms with E-state index in [1.807, 2.05) is 0 Å². The van der Waals surface area contributed by atoms with E-state index in [2.05, 4.69) is 19.2 Å². The maximum atomic E-state index is 13.2. The lowest BCUT2D eigenvalue weighted by molar-refractivity contribution is -0.147. The summed E-state index contributed by atoms with van der Waals surface area (Å²) in [5.41, 5.74) is 0.488. The van der Waals surface area contributed by atoms with Crippen LogP contribution in [0.1, 0.15) is 176 Å². The van der Waals surface area contributed by atoms with Crippen molar-refractivity contribution in [1.29, 1.82) is 0 Å². The van der Waals surface area contributed by atoms with Crippen LogP contribution < -0.4 is 5.32 Å². The number of carboxylic acids is 1. The standard InChI is InChI=1S/C41H63NO7/c1-3-5-7-9-11-13-15-17-19-21-29-48-38(43)28-27-37(41(47)49-30-22-20-18-16-14-12-10-8-6-4-2)42-39(44)35-25-23-34-32-36(40(45)46)26-24-33(34)31-35/h23-26,31-32,37H,3-22,27-30H2,1-2H3,(H,42,44)(H,45,46)/t37-/m0/s1. The average molecular weight is 682 g/mol. The molecule has 2 aromatic carbocycles. The Labute approximate surface area is 295 Å². The van der Waals surface area contributed by atoms with Crippen molar-refractivity contribution >= 4 is 34.6 Å². The second-order valence-corrected chi connectivity index (χ2v) is 13.4. The molecule has 0 aliphatic rings. The Morgan fingerprint density at radius 3 is 1.51 bits per heavy atom. The van der Waals surface area contributed by atoms with E-state index >= 15 is 0 Å². The third kappa shape index (κ3) is 18.8. The molecular weight excluding hydrogens is 618 g/mol. The molecule has 1 atom stereocenters. The van der Waals surface area contributed by atoms with Gasteiger partial charge in [-0.2, -0.15) is 0 Å². The van der Waals surface area contributed by atoms with Crippen LogP contribution in [-0.4, -0.2) is 48.2 Å². The summed E-state index contributed by atoms with van der Waals surface area (Å²) in [6, 6.07) is 8.62. The number of hydrogen-bond donors (Lipinski definition) is 2. The van der Waals surface area contributed by atoms with Gasteiger partial charge in [-0.1, -0.05) is 142 Å². The number of nitrogens with one attached hydrogen (secondary N) is 1. The van der Waals surface area contributed by atoms with Gasteiger partial charge in [0.15, 0.2) is 0 Å². The summed E-state index contributed by atoms with van der Waals surface area (Å²) in [4.78, 5) is 50.2. The predicted octanol–water partition coefficient (Wildman–Crippen LogP) is 10.3. The Morgan fingerprint density at radius 2 is 1.02 bits per heavy atom. The largest absolute Gasteiger partial charge is 0.478 e. The maximum Gasteiger partial charge on any atom is 0.335 e. The molecule has 2 aromatic rings. The molecule has 0 aliphatic carbocycles. The second kappa shape index (κ2) is 26.4. The minimum atomic E-state index is -1.02. The normalized spacial score (nSPS) is 11.7. The first-order chi connectivity index (χ1) is 23.8. The first-order valence-corrected chi connectivity index (χ1v) is 19.3. The number of esters is 2. The van der Waals surface area contributed by atoms with E-state index in [1.165, 1.54) is 96.0 Å². The third-order valence-corrected chi connectivity index (χ3v) is 9.08. The molecule has 0 bridgehead atoms. The quantitative estimate of drug-likeness (QED) is 0.0648. The molecule has 8 heteroatoms. The van der Waals surface area contributed by atoms with Gasteiger partial charge in [-0.25, -0.2) is 9.59 Å². The summed E-state index contributed by atoms with van der Waals surface area (Å²) < 4.78 is 11.0. The van der Waals surface area contributed by atoms with E-state index in [0.717, 1.165) is 38.5 Å². The summed E-state index contributed by atoms with van der Waals surface area (Å²) >= 11 is 0. The molecule has 0 fully saturated rings. The second-order valence-electron chi connectivity index (χ2n) is 13.4. The van der Waals surface area contributed by atoms with Gasteiger partial charge in [-0.3, -0.25) is 9.59 Å². The Hall–Kier alpha value is -3.42. The van der Waals surface area contributed by atoms with Gasteiger partial charge in [0.1, 0.15) is 6.04 Å². The minimum absolute atomic E-state index is 0.00819. The highest BCUT2D eigenvalue weighted by Gasteiger charge is 2.24. The van der Waals surface area contributed by atoms with Crippen molar-refractivity contribution in [3.05, 3.63) is 47.5 Å². The van der Waals surface area contributed by atoms with Crippen LogP contribution in [0.2, 0.25) is 0 Å². The highest BCUT2D eigenvalue weighted by Crippen LogP contribution is 2.19. The number of fused-ring (bicyclic) bond motifs is 1. The van der Waals surface area contributed by atoms with E-state index < -0.39 is 29.9 Å². The summed E-state index contributed by atoms with van der Waals surface area (Å²) in [5.74, 6) is -2.44. The highest BCUT2D eigenvalue weighted by atomic mass is 16.5. The molecule has 0 aromatic heterocycles. The van der Waals surface area contributed by atoms with Crippen LogP contribution in [0.25, 0.3) is 10.8 Å². The molecule has 0 spiro atoms. The molecule has 274 valence electrons. The summed E-state index contributed by atoms with van der Waals surface area (Å²) in [5, 5.41) is 13.4. The van der Waals surface area contributed by atoms with E-state index in [4.69, 9.17) is 9.47 Å². The average Bonchev–Trinajstić information content (AvgIpc) is 3.10. The van der Waals surface area contributed by atoms with Gasteiger partial charge in [-0.15, -0.1) is 0 Å². The van der Waals surface area contributed by atoms with E-state index in [1.54, 1.807) is 30.3 Å². The molecule has 0 radical (unpaired) electrons. The van der Waals surface area contributed by atoms with E-state index in [0.29, 0.717) is 22.9 Å². The summed E-state index contributed by atoms with van der Waals surface area (Å²) in [6.45, 7) is 5.08. The monoisotopic (exact) mass is 681 g/mol. The number of benzene rings is 2. The Morgan fingerprint density at radius 1 is 0.592 bits per heavy atom. The number of aromatic carboxylic acids is 1. The zero-order valence-electron chi connectivity index (χ0n) is 30.4. The van der Waals surface area contributed by atoms with Crippen molar-refractivity contribution in [3.63, 3.8) is 0 Å².